The molecule has 14 nitrogen and oxygen atoms in total. The number of carbonyl (C=O) groups excluding carboxylic acids is 4. The molecule has 2 saturated heterocycles. The van der Waals surface area contributed by atoms with Crippen LogP contribution in [0.4, 0.5) is 5.13 Å². The van der Waals surface area contributed by atoms with E-state index in [1.807, 2.05) is 0 Å². The zero-order valence-corrected chi connectivity index (χ0v) is 25.0. The molecule has 4 heterocycles. The van der Waals surface area contributed by atoms with Gasteiger partial charge in [0.1, 0.15) is 24.2 Å². The van der Waals surface area contributed by atoms with Gasteiger partial charge in [0.2, 0.25) is 5.91 Å². The normalized spacial score (nSPS) is 21.6. The predicted octanol–water partition coefficient (Wildman–Crippen LogP) is -5.48. The number of thiazole rings is 1. The predicted molar refractivity (Wildman–Crippen MR) is 132 cm³/mol. The molecule has 0 aliphatic carbocycles. The summed E-state index contributed by atoms with van der Waals surface area (Å²) in [6.07, 6.45) is 1.05. The third-order valence-electron chi connectivity index (χ3n) is 5.93. The van der Waals surface area contributed by atoms with Crippen molar-refractivity contribution >= 4 is 67.5 Å². The number of fused-ring (bicyclic) bond motifs is 1. The van der Waals surface area contributed by atoms with Crippen molar-refractivity contribution in [3.05, 3.63) is 22.3 Å². The number of hydrogen-bond acceptors (Lipinski definition) is 13. The fraction of sp³-hybridized carbons (Fsp3) is 0.500. The van der Waals surface area contributed by atoms with E-state index in [9.17, 15) is 32.7 Å². The minimum Gasteiger partial charge on any atom is -0.543 e. The number of sulfone groups is 1. The Labute approximate surface area is 248 Å². The van der Waals surface area contributed by atoms with Crippen molar-refractivity contribution < 1.29 is 67.1 Å². The van der Waals surface area contributed by atoms with E-state index in [0.717, 1.165) is 28.0 Å². The van der Waals surface area contributed by atoms with Gasteiger partial charge in [-0.05, 0) is 12.0 Å². The Balaban J connectivity index is 0.00000400. The maximum atomic E-state index is 12.9. The van der Waals surface area contributed by atoms with Crippen LogP contribution in [0.3, 0.4) is 0 Å². The summed E-state index contributed by atoms with van der Waals surface area (Å²) in [5.74, 6) is -4.25. The fourth-order valence-corrected chi connectivity index (χ4v) is 7.65. The van der Waals surface area contributed by atoms with Crippen molar-refractivity contribution in [2.45, 2.75) is 24.3 Å². The van der Waals surface area contributed by atoms with Gasteiger partial charge in [-0.1, -0.05) is 5.16 Å². The first-order chi connectivity index (χ1) is 17.5. The topological polar surface area (TPSA) is 204 Å². The molecule has 38 heavy (non-hydrogen) atoms. The fourth-order valence-electron chi connectivity index (χ4n) is 4.21. The Bertz CT molecular complexity index is 1310. The third kappa shape index (κ3) is 6.34. The molecule has 0 saturated carbocycles. The van der Waals surface area contributed by atoms with Crippen LogP contribution in [0.25, 0.3) is 0 Å². The average molecular weight is 595 g/mol. The molecule has 3 aliphatic heterocycles. The summed E-state index contributed by atoms with van der Waals surface area (Å²) < 4.78 is 25.4. The molecular formula is C20H23N6NaO8S3. The number of aliphatic carboxylic acids is 1. The van der Waals surface area contributed by atoms with Crippen LogP contribution in [-0.4, -0.2) is 101 Å². The van der Waals surface area contributed by atoms with Crippen molar-refractivity contribution in [3.8, 4) is 0 Å². The number of oxime groups is 1. The molecule has 0 aromatic carbocycles. The molecule has 1 aromatic heterocycles. The number of carboxylic acids is 1. The minimum absolute atomic E-state index is 0. The molecule has 0 radical (unpaired) electrons. The number of thioether (sulfide) groups is 1. The number of aromatic nitrogens is 1. The molecule has 2 atom stereocenters. The zero-order valence-electron chi connectivity index (χ0n) is 20.5. The second kappa shape index (κ2) is 12.3. The van der Waals surface area contributed by atoms with E-state index in [1.165, 1.54) is 17.4 Å². The number of carboxylic acid groups (broad SMARTS) is 1. The molecule has 0 bridgehead atoms. The number of anilines is 1. The van der Waals surface area contributed by atoms with Crippen molar-refractivity contribution in [2.24, 2.45) is 5.16 Å². The van der Waals surface area contributed by atoms with Crippen LogP contribution < -0.4 is 45.7 Å². The number of likely N-dealkylation sites (tertiary alicyclic amines) is 1. The molecule has 0 spiro atoms. The quantitative estimate of drug-likeness (QED) is 0.113. The van der Waals surface area contributed by atoms with Crippen molar-refractivity contribution in [3.63, 3.8) is 0 Å². The van der Waals surface area contributed by atoms with Crippen LogP contribution in [-0.2, 0) is 33.9 Å². The van der Waals surface area contributed by atoms with Gasteiger partial charge in [-0.2, -0.15) is 0 Å². The molecule has 4 rings (SSSR count). The summed E-state index contributed by atoms with van der Waals surface area (Å²) in [4.78, 5) is 60.5. The van der Waals surface area contributed by atoms with E-state index in [-0.39, 0.29) is 75.6 Å². The van der Waals surface area contributed by atoms with Crippen LogP contribution in [0, 0.1) is 0 Å². The molecule has 3 N–H and O–H groups in total. The Kier molecular flexibility index (Phi) is 9.86. The first-order valence-corrected chi connectivity index (χ1v) is 14.8. The Morgan fingerprint density at radius 3 is 2.68 bits per heavy atom. The molecule has 1 unspecified atom stereocenters. The van der Waals surface area contributed by atoms with Gasteiger partial charge in [0.25, 0.3) is 11.8 Å². The van der Waals surface area contributed by atoms with Crippen LogP contribution in [0.15, 0.2) is 21.8 Å². The number of nitrogen functional groups attached to an aromatic ring is 1. The number of rotatable bonds is 10. The van der Waals surface area contributed by atoms with Crippen molar-refractivity contribution in [1.82, 2.24) is 20.1 Å². The number of nitrogens with zero attached hydrogens (tertiary/aromatic N) is 4. The summed E-state index contributed by atoms with van der Waals surface area (Å²) in [7, 11) is -2.55. The van der Waals surface area contributed by atoms with E-state index in [2.05, 4.69) is 15.5 Å². The van der Waals surface area contributed by atoms with E-state index in [4.69, 9.17) is 10.6 Å². The number of amides is 3. The Morgan fingerprint density at radius 1 is 1.37 bits per heavy atom. The number of nitrogens with two attached hydrogens (primary N) is 1. The van der Waals surface area contributed by atoms with Crippen LogP contribution in [0.1, 0.15) is 18.5 Å². The first kappa shape index (κ1) is 30.4. The van der Waals surface area contributed by atoms with Gasteiger partial charge >= 0.3 is 29.6 Å². The van der Waals surface area contributed by atoms with Crippen LogP contribution >= 0.6 is 23.1 Å². The van der Waals surface area contributed by atoms with E-state index in [1.54, 1.807) is 0 Å². The van der Waals surface area contributed by atoms with Crippen molar-refractivity contribution in [1.29, 1.82) is 0 Å². The Morgan fingerprint density at radius 2 is 2.11 bits per heavy atom. The maximum absolute atomic E-state index is 12.9. The SMILES string of the molecule is CO/N=C(\C(=O)NC1C(=O)N2C(C(=O)[O-])=C(CS(=O)(=O)CCN3CCCC3=O)CS[C@H]12)c1csc(N)n1.[Na+]. The Hall–Kier alpha value is -2.18. The van der Waals surface area contributed by atoms with E-state index >= 15 is 0 Å². The smallest absolute Gasteiger partial charge is 0.543 e. The molecular weight excluding hydrogens is 571 g/mol. The standard InChI is InChI=1S/C20H24N6O8S3.Na/c1-34-24-13(11-8-36-20(21)22-11)16(28)23-14-17(29)26-15(19(30)31)10(7-35-18(14)26)9-37(32,33)6-5-25-4-2-3-12(25)27;/h8,14,18H,2-7,9H2,1H3,(H2,21,22)(H,23,28)(H,30,31);/q;+1/p-1/b24-13-;/t14?,18-;/m1./s1. The second-order valence-electron chi connectivity index (χ2n) is 8.37. The molecule has 1 aromatic rings. The van der Waals surface area contributed by atoms with E-state index < -0.39 is 50.5 Å². The second-order valence-corrected chi connectivity index (χ2v) is 12.5. The van der Waals surface area contributed by atoms with E-state index in [0.29, 0.717) is 19.4 Å². The monoisotopic (exact) mass is 594 g/mol. The molecule has 2 fully saturated rings. The average Bonchev–Trinajstić information content (AvgIpc) is 3.46. The van der Waals surface area contributed by atoms with Crippen molar-refractivity contribution in [2.75, 3.05) is 43.2 Å². The largest absolute Gasteiger partial charge is 1.00 e. The molecule has 3 aliphatic rings. The summed E-state index contributed by atoms with van der Waals surface area (Å²) >= 11 is 2.19. The minimum atomic E-state index is -3.78. The van der Waals surface area contributed by atoms with Crippen LogP contribution in [0.5, 0.6) is 0 Å². The van der Waals surface area contributed by atoms with Gasteiger partial charge in [0.05, 0.1) is 23.2 Å². The number of hydrogen-bond donors (Lipinski definition) is 2. The van der Waals surface area contributed by atoms with Gasteiger partial charge in [-0.25, -0.2) is 13.4 Å². The summed E-state index contributed by atoms with van der Waals surface area (Å²) in [5.41, 5.74) is 5.03. The van der Waals surface area contributed by atoms with Gasteiger partial charge in [-0.3, -0.25) is 19.3 Å². The molecule has 3 amide bonds. The number of nitrogens with one attached hydrogen (secondary N) is 1. The van der Waals surface area contributed by atoms with Gasteiger partial charge < -0.3 is 30.7 Å². The molecule has 18 heteroatoms. The summed E-state index contributed by atoms with van der Waals surface area (Å²) in [5, 5.41) is 19.0. The third-order valence-corrected chi connectivity index (χ3v) is 9.53. The van der Waals surface area contributed by atoms with Gasteiger partial charge in [0.15, 0.2) is 20.7 Å². The molecule has 200 valence electrons. The zero-order chi connectivity index (χ0) is 26.9. The summed E-state index contributed by atoms with van der Waals surface area (Å²) in [6, 6.07) is -1.09. The number of carbonyl (C=O) groups is 4. The first-order valence-electron chi connectivity index (χ1n) is 11.0. The number of β-lactam (4-membered cyclic amide) rings is 1. The van der Waals surface area contributed by atoms with Gasteiger partial charge in [0, 0.05) is 30.6 Å². The van der Waals surface area contributed by atoms with Gasteiger partial charge in [-0.15, -0.1) is 23.1 Å². The summed E-state index contributed by atoms with van der Waals surface area (Å²) in [6.45, 7) is 0.512. The maximum Gasteiger partial charge on any atom is 1.00 e. The van der Waals surface area contributed by atoms with Crippen LogP contribution in [0.2, 0.25) is 0 Å².